The maximum absolute atomic E-state index is 13.4. The molecule has 1 aliphatic rings. The van der Waals surface area contributed by atoms with Crippen molar-refractivity contribution in [2.75, 3.05) is 6.54 Å². The van der Waals surface area contributed by atoms with E-state index in [0.717, 1.165) is 5.56 Å². The van der Waals surface area contributed by atoms with Crippen molar-refractivity contribution in [3.8, 4) is 0 Å². The van der Waals surface area contributed by atoms with Crippen LogP contribution >= 0.6 is 11.6 Å². The molecule has 2 amide bonds. The third-order valence-electron chi connectivity index (χ3n) is 5.52. The van der Waals surface area contributed by atoms with Gasteiger partial charge in [0.25, 0.3) is 5.91 Å². The fraction of sp³-hybridized carbons (Fsp3) is 0.208. The molecular formula is C24H23ClN4O4S. The summed E-state index contributed by atoms with van der Waals surface area (Å²) < 4.78 is 27.9. The van der Waals surface area contributed by atoms with Gasteiger partial charge < -0.3 is 10.6 Å². The fourth-order valence-electron chi connectivity index (χ4n) is 3.69. The molecule has 1 saturated heterocycles. The third-order valence-corrected chi connectivity index (χ3v) is 7.59. The Hall–Kier alpha value is -3.27. The number of aromatic nitrogens is 1. The lowest BCUT2D eigenvalue weighted by Crippen LogP contribution is -2.44. The summed E-state index contributed by atoms with van der Waals surface area (Å²) in [6.07, 6.45) is 1.54. The van der Waals surface area contributed by atoms with Crippen LogP contribution in [-0.2, 0) is 27.9 Å². The molecule has 2 heterocycles. The van der Waals surface area contributed by atoms with Crippen molar-refractivity contribution < 1.29 is 18.0 Å². The second-order valence-electron chi connectivity index (χ2n) is 7.83. The molecule has 3 aromatic rings. The first-order valence-corrected chi connectivity index (χ1v) is 12.5. The molecule has 1 aromatic heterocycles. The molecule has 0 aliphatic carbocycles. The zero-order valence-corrected chi connectivity index (χ0v) is 19.7. The minimum Gasteiger partial charge on any atom is -0.355 e. The smallest absolute Gasteiger partial charge is 0.251 e. The van der Waals surface area contributed by atoms with Crippen LogP contribution in [0.2, 0.25) is 5.15 Å². The zero-order valence-electron chi connectivity index (χ0n) is 18.1. The third kappa shape index (κ3) is 5.44. The molecule has 2 aromatic carbocycles. The predicted octanol–water partition coefficient (Wildman–Crippen LogP) is 2.74. The van der Waals surface area contributed by atoms with Gasteiger partial charge in [-0.1, -0.05) is 54.1 Å². The van der Waals surface area contributed by atoms with Gasteiger partial charge in [-0.05, 0) is 41.8 Å². The van der Waals surface area contributed by atoms with Gasteiger partial charge in [0.1, 0.15) is 16.1 Å². The summed E-state index contributed by atoms with van der Waals surface area (Å²) in [6.45, 7) is 0.767. The number of hydrogen-bond acceptors (Lipinski definition) is 5. The Kier molecular flexibility index (Phi) is 7.26. The van der Waals surface area contributed by atoms with Crippen molar-refractivity contribution in [2.24, 2.45) is 0 Å². The molecule has 1 fully saturated rings. The molecule has 4 rings (SSSR count). The molecule has 0 radical (unpaired) electrons. The van der Waals surface area contributed by atoms with Gasteiger partial charge in [0.2, 0.25) is 15.9 Å². The van der Waals surface area contributed by atoms with Crippen molar-refractivity contribution in [1.29, 1.82) is 0 Å². The van der Waals surface area contributed by atoms with Crippen LogP contribution < -0.4 is 10.6 Å². The average molecular weight is 499 g/mol. The minimum absolute atomic E-state index is 0.0328. The molecule has 2 N–H and O–H groups in total. The van der Waals surface area contributed by atoms with Crippen molar-refractivity contribution in [3.05, 3.63) is 94.8 Å². The largest absolute Gasteiger partial charge is 0.355 e. The van der Waals surface area contributed by atoms with Crippen molar-refractivity contribution in [1.82, 2.24) is 19.9 Å². The molecule has 10 heteroatoms. The Labute approximate surface area is 203 Å². The van der Waals surface area contributed by atoms with Gasteiger partial charge in [-0.25, -0.2) is 13.4 Å². The molecule has 0 bridgehead atoms. The molecule has 1 atom stereocenters. The number of nitrogens with one attached hydrogen (secondary N) is 2. The van der Waals surface area contributed by atoms with E-state index in [4.69, 9.17) is 11.6 Å². The molecule has 34 heavy (non-hydrogen) atoms. The van der Waals surface area contributed by atoms with Crippen LogP contribution in [0.15, 0.2) is 77.8 Å². The van der Waals surface area contributed by atoms with Crippen LogP contribution in [-0.4, -0.2) is 42.1 Å². The van der Waals surface area contributed by atoms with E-state index in [9.17, 15) is 18.0 Å². The van der Waals surface area contributed by atoms with Gasteiger partial charge in [0.05, 0.1) is 0 Å². The van der Waals surface area contributed by atoms with E-state index in [1.165, 1.54) is 22.6 Å². The first-order chi connectivity index (χ1) is 16.3. The standard InChI is InChI=1S/C24H23ClN4O4S/c25-22-11-10-20(15-27-22)34(32,33)29(21-12-13-26-24(21)31)16-18-6-8-19(9-7-18)23(30)28-14-17-4-2-1-3-5-17/h1-11,15,21H,12-14,16H2,(H,26,31)(H,28,30). The summed E-state index contributed by atoms with van der Waals surface area (Å²) in [6, 6.07) is 18.1. The highest BCUT2D eigenvalue weighted by Crippen LogP contribution is 2.25. The Morgan fingerprint density at radius 2 is 1.79 bits per heavy atom. The van der Waals surface area contributed by atoms with Crippen LogP contribution in [0.5, 0.6) is 0 Å². The molecule has 8 nitrogen and oxygen atoms in total. The van der Waals surface area contributed by atoms with E-state index in [2.05, 4.69) is 15.6 Å². The minimum atomic E-state index is -4.03. The molecular weight excluding hydrogens is 476 g/mol. The number of hydrogen-bond donors (Lipinski definition) is 2. The van der Waals surface area contributed by atoms with E-state index < -0.39 is 16.1 Å². The maximum Gasteiger partial charge on any atom is 0.251 e. The SMILES string of the molecule is O=C(NCc1ccccc1)c1ccc(CN(C2CCNC2=O)S(=O)(=O)c2ccc(Cl)nc2)cc1. The van der Waals surface area contributed by atoms with Crippen LogP contribution in [0.1, 0.15) is 27.9 Å². The summed E-state index contributed by atoms with van der Waals surface area (Å²) in [5.74, 6) is -0.579. The lowest BCUT2D eigenvalue weighted by molar-refractivity contribution is -0.122. The number of pyridine rings is 1. The summed E-state index contributed by atoms with van der Waals surface area (Å²) in [7, 11) is -4.03. The van der Waals surface area contributed by atoms with E-state index in [1.807, 2.05) is 30.3 Å². The highest BCUT2D eigenvalue weighted by atomic mass is 35.5. The Morgan fingerprint density at radius 3 is 2.41 bits per heavy atom. The van der Waals surface area contributed by atoms with E-state index in [1.54, 1.807) is 24.3 Å². The first kappa shape index (κ1) is 23.9. The first-order valence-electron chi connectivity index (χ1n) is 10.7. The van der Waals surface area contributed by atoms with Crippen LogP contribution in [0, 0.1) is 0 Å². The molecule has 0 spiro atoms. The summed E-state index contributed by atoms with van der Waals surface area (Å²) in [4.78, 5) is 28.7. The van der Waals surface area contributed by atoms with Crippen molar-refractivity contribution in [3.63, 3.8) is 0 Å². The Morgan fingerprint density at radius 1 is 1.06 bits per heavy atom. The number of amides is 2. The van der Waals surface area contributed by atoms with Gasteiger partial charge >= 0.3 is 0 Å². The maximum atomic E-state index is 13.4. The number of rotatable bonds is 8. The van der Waals surface area contributed by atoms with Crippen LogP contribution in [0.3, 0.4) is 0 Å². The second kappa shape index (κ2) is 10.3. The van der Waals surface area contributed by atoms with E-state index in [-0.39, 0.29) is 28.4 Å². The lowest BCUT2D eigenvalue weighted by atomic mass is 10.1. The predicted molar refractivity (Wildman–Crippen MR) is 127 cm³/mol. The van der Waals surface area contributed by atoms with E-state index >= 15 is 0 Å². The quantitative estimate of drug-likeness (QED) is 0.464. The van der Waals surface area contributed by atoms with Crippen LogP contribution in [0.25, 0.3) is 0 Å². The summed E-state index contributed by atoms with van der Waals surface area (Å²) in [5, 5.41) is 5.72. The van der Waals surface area contributed by atoms with Crippen molar-refractivity contribution >= 4 is 33.4 Å². The highest BCUT2D eigenvalue weighted by molar-refractivity contribution is 7.89. The van der Waals surface area contributed by atoms with Gasteiger partial charge in [-0.3, -0.25) is 9.59 Å². The number of benzene rings is 2. The van der Waals surface area contributed by atoms with E-state index in [0.29, 0.717) is 30.6 Å². The monoisotopic (exact) mass is 498 g/mol. The van der Waals surface area contributed by atoms with Gasteiger partial charge in [0.15, 0.2) is 0 Å². The topological polar surface area (TPSA) is 108 Å². The van der Waals surface area contributed by atoms with Gasteiger partial charge in [-0.15, -0.1) is 0 Å². The molecule has 1 unspecified atom stereocenters. The highest BCUT2D eigenvalue weighted by Gasteiger charge is 2.38. The van der Waals surface area contributed by atoms with Crippen LogP contribution in [0.4, 0.5) is 0 Å². The summed E-state index contributed by atoms with van der Waals surface area (Å²) >= 11 is 5.80. The normalized spacial score (nSPS) is 15.8. The van der Waals surface area contributed by atoms with Gasteiger partial charge in [-0.2, -0.15) is 4.31 Å². The number of carbonyl (C=O) groups excluding carboxylic acids is 2. The number of carbonyl (C=O) groups is 2. The summed E-state index contributed by atoms with van der Waals surface area (Å²) in [5.41, 5.74) is 2.08. The number of halogens is 1. The number of nitrogens with zero attached hydrogens (tertiary/aromatic N) is 2. The lowest BCUT2D eigenvalue weighted by Gasteiger charge is -2.26. The fourth-order valence-corrected chi connectivity index (χ4v) is 5.35. The Bertz CT molecular complexity index is 1270. The second-order valence-corrected chi connectivity index (χ2v) is 10.1. The average Bonchev–Trinajstić information content (AvgIpc) is 3.27. The number of sulfonamides is 1. The zero-order chi connectivity index (χ0) is 24.1. The molecule has 0 saturated carbocycles. The van der Waals surface area contributed by atoms with Crippen molar-refractivity contribution in [2.45, 2.75) is 30.4 Å². The molecule has 176 valence electrons. The Balaban J connectivity index is 1.52. The molecule has 1 aliphatic heterocycles. The van der Waals surface area contributed by atoms with Gasteiger partial charge in [0, 0.05) is 31.4 Å².